The van der Waals surface area contributed by atoms with Crippen LogP contribution in [-0.4, -0.2) is 24.2 Å². The van der Waals surface area contributed by atoms with E-state index in [-0.39, 0.29) is 0 Å². The smallest absolute Gasteiger partial charge is 0.320 e. The molecule has 0 bridgehead atoms. The second-order valence-electron chi connectivity index (χ2n) is 3.90. The van der Waals surface area contributed by atoms with E-state index in [2.05, 4.69) is 0 Å². The van der Waals surface area contributed by atoms with Gasteiger partial charge in [-0.25, -0.2) is 0 Å². The Morgan fingerprint density at radius 2 is 2.06 bits per heavy atom. The predicted molar refractivity (Wildman–Crippen MR) is 61.8 cm³/mol. The van der Waals surface area contributed by atoms with Gasteiger partial charge in [-0.2, -0.15) is 0 Å². The number of carboxylic acids is 1. The molecule has 16 heavy (non-hydrogen) atoms. The van der Waals surface area contributed by atoms with Crippen LogP contribution in [0.15, 0.2) is 12.1 Å². The lowest BCUT2D eigenvalue weighted by Gasteiger charge is -2.13. The van der Waals surface area contributed by atoms with Gasteiger partial charge in [0.2, 0.25) is 0 Å². The summed E-state index contributed by atoms with van der Waals surface area (Å²) in [6.07, 6.45) is 0.339. The van der Waals surface area contributed by atoms with E-state index in [0.29, 0.717) is 6.42 Å². The molecule has 0 radical (unpaired) electrons. The Balaban J connectivity index is 2.98. The molecule has 0 saturated heterocycles. The Bertz CT molecular complexity index is 401. The number of aryl methyl sites for hydroxylation is 2. The van der Waals surface area contributed by atoms with Crippen molar-refractivity contribution in [1.82, 2.24) is 0 Å². The molecular weight excluding hydrogens is 206 g/mol. The minimum Gasteiger partial charge on any atom is -0.496 e. The fourth-order valence-corrected chi connectivity index (χ4v) is 1.61. The summed E-state index contributed by atoms with van der Waals surface area (Å²) in [5, 5.41) is 8.75. The largest absolute Gasteiger partial charge is 0.496 e. The second-order valence-corrected chi connectivity index (χ2v) is 3.90. The van der Waals surface area contributed by atoms with Crippen LogP contribution in [0.2, 0.25) is 0 Å². The molecule has 1 rings (SSSR count). The zero-order valence-corrected chi connectivity index (χ0v) is 9.78. The Hall–Kier alpha value is -1.55. The number of benzene rings is 1. The molecule has 88 valence electrons. The predicted octanol–water partition coefficient (Wildman–Crippen LogP) is 1.27. The summed E-state index contributed by atoms with van der Waals surface area (Å²) < 4.78 is 5.19. The highest BCUT2D eigenvalue weighted by atomic mass is 16.5. The third-order valence-electron chi connectivity index (χ3n) is 2.61. The fraction of sp³-hybridized carbons (Fsp3) is 0.417. The topological polar surface area (TPSA) is 72.5 Å². The lowest BCUT2D eigenvalue weighted by Crippen LogP contribution is -2.32. The van der Waals surface area contributed by atoms with Crippen molar-refractivity contribution in [2.75, 3.05) is 7.11 Å². The van der Waals surface area contributed by atoms with Gasteiger partial charge in [-0.1, -0.05) is 6.07 Å². The van der Waals surface area contributed by atoms with Gasteiger partial charge in [0.15, 0.2) is 0 Å². The molecule has 4 heteroatoms. The molecule has 0 spiro atoms. The van der Waals surface area contributed by atoms with Crippen LogP contribution in [0.4, 0.5) is 0 Å². The number of hydrogen-bond donors (Lipinski definition) is 2. The quantitative estimate of drug-likeness (QED) is 0.806. The summed E-state index contributed by atoms with van der Waals surface area (Å²) in [5.41, 5.74) is 8.45. The minimum absolute atomic E-state index is 0.339. The van der Waals surface area contributed by atoms with Crippen molar-refractivity contribution in [3.8, 4) is 5.75 Å². The molecule has 0 aromatic heterocycles. The Labute approximate surface area is 95.0 Å². The monoisotopic (exact) mass is 223 g/mol. The molecular formula is C12H17NO3. The van der Waals surface area contributed by atoms with E-state index < -0.39 is 12.0 Å². The molecule has 0 amide bonds. The highest BCUT2D eigenvalue weighted by Crippen LogP contribution is 2.23. The van der Waals surface area contributed by atoms with Gasteiger partial charge in [0.1, 0.15) is 11.8 Å². The number of ether oxygens (including phenoxy) is 1. The average molecular weight is 223 g/mol. The number of hydrogen-bond acceptors (Lipinski definition) is 3. The molecule has 1 aromatic rings. The molecule has 1 unspecified atom stereocenters. The van der Waals surface area contributed by atoms with Crippen LogP contribution in [0.25, 0.3) is 0 Å². The number of carboxylic acid groups (broad SMARTS) is 1. The van der Waals surface area contributed by atoms with Crippen molar-refractivity contribution in [3.05, 3.63) is 28.8 Å². The number of nitrogens with two attached hydrogens (primary N) is 1. The summed E-state index contributed by atoms with van der Waals surface area (Å²) in [6, 6.07) is 2.97. The van der Waals surface area contributed by atoms with Crippen LogP contribution in [-0.2, 0) is 11.2 Å². The number of carbonyl (C=O) groups is 1. The Morgan fingerprint density at radius 3 is 2.56 bits per heavy atom. The highest BCUT2D eigenvalue weighted by molar-refractivity contribution is 5.73. The van der Waals surface area contributed by atoms with Crippen molar-refractivity contribution >= 4 is 5.97 Å². The maximum absolute atomic E-state index is 10.7. The van der Waals surface area contributed by atoms with Crippen LogP contribution < -0.4 is 10.5 Å². The van der Waals surface area contributed by atoms with Crippen molar-refractivity contribution in [1.29, 1.82) is 0 Å². The van der Waals surface area contributed by atoms with Crippen LogP contribution in [0.5, 0.6) is 5.75 Å². The van der Waals surface area contributed by atoms with Crippen molar-refractivity contribution in [2.45, 2.75) is 26.3 Å². The number of aliphatic carboxylic acids is 1. The average Bonchev–Trinajstić information content (AvgIpc) is 2.22. The first kappa shape index (κ1) is 12.5. The van der Waals surface area contributed by atoms with Gasteiger partial charge < -0.3 is 15.6 Å². The van der Waals surface area contributed by atoms with Crippen molar-refractivity contribution in [2.24, 2.45) is 5.73 Å². The summed E-state index contributed by atoms with van der Waals surface area (Å²) in [7, 11) is 1.62. The van der Waals surface area contributed by atoms with E-state index >= 15 is 0 Å². The van der Waals surface area contributed by atoms with Gasteiger partial charge in [0.25, 0.3) is 0 Å². The molecule has 0 aliphatic carbocycles. The third-order valence-corrected chi connectivity index (χ3v) is 2.61. The molecule has 0 saturated carbocycles. The Kier molecular flexibility index (Phi) is 3.90. The van der Waals surface area contributed by atoms with E-state index in [1.807, 2.05) is 26.0 Å². The van der Waals surface area contributed by atoms with Crippen molar-refractivity contribution in [3.63, 3.8) is 0 Å². The third kappa shape index (κ3) is 2.73. The lowest BCUT2D eigenvalue weighted by atomic mass is 9.98. The van der Waals surface area contributed by atoms with Gasteiger partial charge in [-0.15, -0.1) is 0 Å². The summed E-state index contributed by atoms with van der Waals surface area (Å²) in [4.78, 5) is 10.7. The zero-order chi connectivity index (χ0) is 12.3. The molecule has 0 aliphatic heterocycles. The van der Waals surface area contributed by atoms with E-state index in [9.17, 15) is 4.79 Å². The first-order chi connectivity index (χ1) is 7.45. The van der Waals surface area contributed by atoms with E-state index in [0.717, 1.165) is 22.4 Å². The first-order valence-electron chi connectivity index (χ1n) is 5.08. The Morgan fingerprint density at radius 1 is 1.44 bits per heavy atom. The summed E-state index contributed by atoms with van der Waals surface area (Å²) in [5.74, 6) is -0.169. The first-order valence-corrected chi connectivity index (χ1v) is 5.08. The van der Waals surface area contributed by atoms with Gasteiger partial charge in [-0.3, -0.25) is 4.79 Å². The van der Waals surface area contributed by atoms with E-state index in [1.54, 1.807) is 7.11 Å². The van der Waals surface area contributed by atoms with E-state index in [1.165, 1.54) is 0 Å². The minimum atomic E-state index is -0.979. The van der Waals surface area contributed by atoms with Crippen LogP contribution in [0.3, 0.4) is 0 Å². The highest BCUT2D eigenvalue weighted by Gasteiger charge is 2.14. The van der Waals surface area contributed by atoms with Gasteiger partial charge in [0, 0.05) is 0 Å². The molecule has 0 aliphatic rings. The van der Waals surface area contributed by atoms with E-state index in [4.69, 9.17) is 15.6 Å². The maximum atomic E-state index is 10.7. The van der Waals surface area contributed by atoms with Crippen molar-refractivity contribution < 1.29 is 14.6 Å². The van der Waals surface area contributed by atoms with Crippen LogP contribution in [0, 0.1) is 13.8 Å². The number of rotatable bonds is 4. The molecule has 4 nitrogen and oxygen atoms in total. The fourth-order valence-electron chi connectivity index (χ4n) is 1.61. The molecule has 0 fully saturated rings. The molecule has 3 N–H and O–H groups in total. The van der Waals surface area contributed by atoms with Gasteiger partial charge >= 0.3 is 5.97 Å². The summed E-state index contributed by atoms with van der Waals surface area (Å²) >= 11 is 0. The number of methoxy groups -OCH3 is 1. The molecule has 0 heterocycles. The molecule has 1 atom stereocenters. The normalized spacial score (nSPS) is 12.2. The van der Waals surface area contributed by atoms with Gasteiger partial charge in [0.05, 0.1) is 7.11 Å². The van der Waals surface area contributed by atoms with Crippen LogP contribution >= 0.6 is 0 Å². The maximum Gasteiger partial charge on any atom is 0.320 e. The van der Waals surface area contributed by atoms with Crippen LogP contribution in [0.1, 0.15) is 16.7 Å². The summed E-state index contributed by atoms with van der Waals surface area (Å²) in [6.45, 7) is 3.85. The van der Waals surface area contributed by atoms with Gasteiger partial charge in [-0.05, 0) is 43.0 Å². The lowest BCUT2D eigenvalue weighted by molar-refractivity contribution is -0.138. The SMILES string of the molecule is COc1cc(C)c(CC(N)C(=O)O)cc1C. The standard InChI is InChI=1S/C12H17NO3/c1-7-5-11(16-3)8(2)4-9(7)6-10(13)12(14)15/h4-5,10H,6,13H2,1-3H3,(H,14,15). The zero-order valence-electron chi connectivity index (χ0n) is 9.78. The second kappa shape index (κ2) is 4.99. The molecule has 1 aromatic carbocycles.